The van der Waals surface area contributed by atoms with Crippen molar-refractivity contribution in [1.29, 1.82) is 0 Å². The summed E-state index contributed by atoms with van der Waals surface area (Å²) in [7, 11) is 3.23. The third kappa shape index (κ3) is 6.22. The molecular weight excluding hydrogens is 409 g/mol. The molecule has 1 aliphatic rings. The zero-order chi connectivity index (χ0) is 22.9. The van der Waals surface area contributed by atoms with Crippen molar-refractivity contribution in [2.45, 2.75) is 45.1 Å². The monoisotopic (exact) mass is 443 g/mol. The Morgan fingerprint density at radius 3 is 2.44 bits per heavy atom. The number of carbonyl (C=O) groups excluding carboxylic acids is 1. The van der Waals surface area contributed by atoms with Crippen molar-refractivity contribution in [2.24, 2.45) is 5.92 Å². The highest BCUT2D eigenvalue weighted by atomic mass is 19.1. The molecule has 1 heterocycles. The first-order valence-electron chi connectivity index (χ1n) is 11.4. The predicted octanol–water partition coefficient (Wildman–Crippen LogP) is 5.18. The van der Waals surface area contributed by atoms with Gasteiger partial charge in [0.1, 0.15) is 11.9 Å². The summed E-state index contributed by atoms with van der Waals surface area (Å²) in [6.07, 6.45) is 3.53. The fourth-order valence-corrected chi connectivity index (χ4v) is 4.37. The van der Waals surface area contributed by atoms with Gasteiger partial charge in [0.2, 0.25) is 0 Å². The van der Waals surface area contributed by atoms with Crippen LogP contribution in [0.5, 0.6) is 11.5 Å². The molecule has 1 saturated heterocycles. The van der Waals surface area contributed by atoms with Gasteiger partial charge in [-0.25, -0.2) is 4.39 Å². The number of rotatable bonds is 10. The van der Waals surface area contributed by atoms with Gasteiger partial charge >= 0.3 is 5.97 Å². The van der Waals surface area contributed by atoms with E-state index in [2.05, 4.69) is 4.90 Å². The molecule has 0 aliphatic carbocycles. The van der Waals surface area contributed by atoms with Gasteiger partial charge in [0.15, 0.2) is 11.5 Å². The van der Waals surface area contributed by atoms with Gasteiger partial charge in [-0.1, -0.05) is 31.2 Å². The van der Waals surface area contributed by atoms with E-state index in [4.69, 9.17) is 14.2 Å². The zero-order valence-electron chi connectivity index (χ0n) is 19.3. The van der Waals surface area contributed by atoms with Crippen molar-refractivity contribution in [3.63, 3.8) is 0 Å². The highest BCUT2D eigenvalue weighted by Gasteiger charge is 2.33. The van der Waals surface area contributed by atoms with E-state index < -0.39 is 0 Å². The highest BCUT2D eigenvalue weighted by molar-refractivity contribution is 5.70. The first-order chi connectivity index (χ1) is 15.5. The fraction of sp³-hybridized carbons (Fsp3) is 0.500. The molecule has 0 amide bonds. The summed E-state index contributed by atoms with van der Waals surface area (Å²) in [4.78, 5) is 14.9. The topological polar surface area (TPSA) is 48.0 Å². The van der Waals surface area contributed by atoms with Gasteiger partial charge in [0.25, 0.3) is 0 Å². The van der Waals surface area contributed by atoms with E-state index in [9.17, 15) is 9.18 Å². The SMILES string of the molecule is CCCC(=O)O[C@H](c1cccc(OC)c1OC)C1CCN(CCc2ccc(F)cc2)CC1. The van der Waals surface area contributed by atoms with Crippen LogP contribution < -0.4 is 9.47 Å². The van der Waals surface area contributed by atoms with Crippen molar-refractivity contribution in [3.05, 3.63) is 59.4 Å². The lowest BCUT2D eigenvalue weighted by Crippen LogP contribution is -2.37. The molecule has 1 atom stereocenters. The first-order valence-corrected chi connectivity index (χ1v) is 11.4. The first kappa shape index (κ1) is 24.1. The quantitative estimate of drug-likeness (QED) is 0.474. The smallest absolute Gasteiger partial charge is 0.306 e. The summed E-state index contributed by atoms with van der Waals surface area (Å²) in [6, 6.07) is 12.4. The molecule has 0 radical (unpaired) electrons. The Kier molecular flexibility index (Phi) is 8.91. The molecule has 2 aromatic rings. The number of carbonyl (C=O) groups is 1. The van der Waals surface area contributed by atoms with Crippen LogP contribution >= 0.6 is 0 Å². The highest BCUT2D eigenvalue weighted by Crippen LogP contribution is 2.42. The summed E-state index contributed by atoms with van der Waals surface area (Å²) < 4.78 is 30.2. The van der Waals surface area contributed by atoms with E-state index in [-0.39, 0.29) is 23.8 Å². The van der Waals surface area contributed by atoms with Gasteiger partial charge in [-0.3, -0.25) is 4.79 Å². The van der Waals surface area contributed by atoms with E-state index in [0.717, 1.165) is 56.4 Å². The number of nitrogens with zero attached hydrogens (tertiary/aromatic N) is 1. The van der Waals surface area contributed by atoms with Crippen LogP contribution in [0.25, 0.3) is 0 Å². The third-order valence-corrected chi connectivity index (χ3v) is 6.14. The molecule has 6 heteroatoms. The largest absolute Gasteiger partial charge is 0.493 e. The number of hydrogen-bond donors (Lipinski definition) is 0. The van der Waals surface area contributed by atoms with E-state index >= 15 is 0 Å². The second-order valence-corrected chi connectivity index (χ2v) is 8.30. The average molecular weight is 444 g/mol. The van der Waals surface area contributed by atoms with Gasteiger partial charge in [-0.15, -0.1) is 0 Å². The summed E-state index contributed by atoms with van der Waals surface area (Å²) in [6.45, 7) is 4.77. The molecular formula is C26H34FNO4. The normalized spacial score (nSPS) is 15.9. The fourth-order valence-electron chi connectivity index (χ4n) is 4.37. The molecule has 5 nitrogen and oxygen atoms in total. The van der Waals surface area contributed by atoms with Crippen LogP contribution in [0.4, 0.5) is 4.39 Å². The molecule has 0 N–H and O–H groups in total. The van der Waals surface area contributed by atoms with E-state index in [1.807, 2.05) is 37.3 Å². The molecule has 32 heavy (non-hydrogen) atoms. The summed E-state index contributed by atoms with van der Waals surface area (Å²) in [5.41, 5.74) is 2.00. The third-order valence-electron chi connectivity index (χ3n) is 6.14. The number of piperidine rings is 1. The molecule has 0 aromatic heterocycles. The summed E-state index contributed by atoms with van der Waals surface area (Å²) in [5, 5.41) is 0. The molecule has 0 bridgehead atoms. The maximum absolute atomic E-state index is 13.1. The summed E-state index contributed by atoms with van der Waals surface area (Å²) in [5.74, 6) is 1.09. The number of likely N-dealkylation sites (tertiary alicyclic amines) is 1. The Balaban J connectivity index is 1.68. The number of para-hydroxylation sites is 1. The predicted molar refractivity (Wildman–Crippen MR) is 123 cm³/mol. The zero-order valence-corrected chi connectivity index (χ0v) is 19.3. The van der Waals surface area contributed by atoms with Gasteiger partial charge in [-0.2, -0.15) is 0 Å². The lowest BCUT2D eigenvalue weighted by molar-refractivity contribution is -0.153. The Hall–Kier alpha value is -2.60. The molecule has 0 unspecified atom stereocenters. The Labute approximate surface area is 190 Å². The van der Waals surface area contributed by atoms with Gasteiger partial charge < -0.3 is 19.1 Å². The molecule has 174 valence electrons. The number of hydrogen-bond acceptors (Lipinski definition) is 5. The van der Waals surface area contributed by atoms with Crippen LogP contribution in [0.3, 0.4) is 0 Å². The number of ether oxygens (including phenoxy) is 3. The molecule has 1 aliphatic heterocycles. The number of methoxy groups -OCH3 is 2. The Morgan fingerprint density at radius 1 is 1.09 bits per heavy atom. The maximum atomic E-state index is 13.1. The van der Waals surface area contributed by atoms with Gasteiger partial charge in [0.05, 0.1) is 14.2 Å². The minimum absolute atomic E-state index is 0.180. The van der Waals surface area contributed by atoms with Crippen LogP contribution in [0, 0.1) is 11.7 Å². The van der Waals surface area contributed by atoms with E-state index in [1.54, 1.807) is 14.2 Å². The second kappa shape index (κ2) is 11.9. The lowest BCUT2D eigenvalue weighted by atomic mass is 9.86. The maximum Gasteiger partial charge on any atom is 0.306 e. The van der Waals surface area contributed by atoms with Crippen LogP contribution in [0.1, 0.15) is 49.8 Å². The number of halogens is 1. The molecule has 3 rings (SSSR count). The van der Waals surface area contributed by atoms with Crippen LogP contribution in [0.15, 0.2) is 42.5 Å². The van der Waals surface area contributed by atoms with Crippen molar-refractivity contribution in [2.75, 3.05) is 33.9 Å². The lowest BCUT2D eigenvalue weighted by Gasteiger charge is -2.36. The van der Waals surface area contributed by atoms with Crippen LogP contribution in [-0.4, -0.2) is 44.7 Å². The van der Waals surface area contributed by atoms with Crippen LogP contribution in [-0.2, 0) is 16.0 Å². The summed E-state index contributed by atoms with van der Waals surface area (Å²) >= 11 is 0. The van der Waals surface area contributed by atoms with Crippen LogP contribution in [0.2, 0.25) is 0 Å². The second-order valence-electron chi connectivity index (χ2n) is 8.30. The minimum atomic E-state index is -0.363. The minimum Gasteiger partial charge on any atom is -0.493 e. The van der Waals surface area contributed by atoms with Crippen molar-refractivity contribution < 1.29 is 23.4 Å². The molecule has 0 spiro atoms. The molecule has 1 fully saturated rings. The average Bonchev–Trinajstić information content (AvgIpc) is 2.82. The standard InChI is InChI=1S/C26H34FNO4/c1-4-6-24(29)32-25(22-7-5-8-23(30-2)26(22)31-3)20-14-17-28(18-15-20)16-13-19-9-11-21(27)12-10-19/h5,7-12,20,25H,4,6,13-18H2,1-3H3/t25-/m0/s1. The molecule has 2 aromatic carbocycles. The van der Waals surface area contributed by atoms with Crippen molar-refractivity contribution >= 4 is 5.97 Å². The Bertz CT molecular complexity index is 863. The van der Waals surface area contributed by atoms with E-state index in [0.29, 0.717) is 17.9 Å². The van der Waals surface area contributed by atoms with Crippen molar-refractivity contribution in [3.8, 4) is 11.5 Å². The number of benzene rings is 2. The molecule has 0 saturated carbocycles. The number of esters is 1. The van der Waals surface area contributed by atoms with E-state index in [1.165, 1.54) is 12.1 Å². The van der Waals surface area contributed by atoms with Gasteiger partial charge in [0, 0.05) is 24.4 Å². The Morgan fingerprint density at radius 2 is 1.81 bits per heavy atom. The van der Waals surface area contributed by atoms with Crippen molar-refractivity contribution in [1.82, 2.24) is 4.90 Å². The van der Waals surface area contributed by atoms with Gasteiger partial charge in [-0.05, 0) is 62.5 Å².